The van der Waals surface area contributed by atoms with E-state index in [9.17, 15) is 18.0 Å². The van der Waals surface area contributed by atoms with E-state index in [1.54, 1.807) is 19.1 Å². The van der Waals surface area contributed by atoms with Gasteiger partial charge >= 0.3 is 5.97 Å². The normalized spacial score (nSPS) is 11.4. The maximum absolute atomic E-state index is 12.2. The summed E-state index contributed by atoms with van der Waals surface area (Å²) >= 11 is 0. The molecular weight excluding hydrogens is 382 g/mol. The van der Waals surface area contributed by atoms with Crippen LogP contribution < -0.4 is 9.73 Å². The number of aryl methyl sites for hydroxylation is 2. The van der Waals surface area contributed by atoms with Crippen molar-refractivity contribution < 1.29 is 23.1 Å². The number of amides is 1. The van der Waals surface area contributed by atoms with Crippen molar-refractivity contribution in [2.24, 2.45) is 5.10 Å². The lowest BCUT2D eigenvalue weighted by Gasteiger charge is -2.23. The van der Waals surface area contributed by atoms with Crippen LogP contribution in [0.1, 0.15) is 27.0 Å². The number of carbonyl (C=O) groups is 2. The van der Waals surface area contributed by atoms with Crippen molar-refractivity contribution in [3.8, 4) is 0 Å². The van der Waals surface area contributed by atoms with E-state index in [2.05, 4.69) is 10.5 Å². The third-order valence-corrected chi connectivity index (χ3v) is 5.00. The zero-order valence-corrected chi connectivity index (χ0v) is 16.5. The Morgan fingerprint density at radius 3 is 2.32 bits per heavy atom. The van der Waals surface area contributed by atoms with E-state index in [1.165, 1.54) is 30.5 Å². The zero-order chi connectivity index (χ0) is 20.9. The summed E-state index contributed by atoms with van der Waals surface area (Å²) < 4.78 is 25.3. The zero-order valence-electron chi connectivity index (χ0n) is 15.7. The maximum atomic E-state index is 12.2. The number of carboxylic acids is 1. The third kappa shape index (κ3) is 5.65. The average Bonchev–Trinajstić information content (AvgIpc) is 2.60. The van der Waals surface area contributed by atoms with Crippen molar-refractivity contribution >= 4 is 33.8 Å². The van der Waals surface area contributed by atoms with E-state index < -0.39 is 28.4 Å². The van der Waals surface area contributed by atoms with Gasteiger partial charge in [-0.2, -0.15) is 5.10 Å². The molecular formula is C19H21N3O5S. The van der Waals surface area contributed by atoms with Gasteiger partial charge in [0.25, 0.3) is 5.91 Å². The maximum Gasteiger partial charge on any atom is 0.335 e. The van der Waals surface area contributed by atoms with Gasteiger partial charge in [0.15, 0.2) is 0 Å². The summed E-state index contributed by atoms with van der Waals surface area (Å²) in [4.78, 5) is 23.0. The van der Waals surface area contributed by atoms with Crippen molar-refractivity contribution in [1.29, 1.82) is 0 Å². The first-order chi connectivity index (χ1) is 13.1. The van der Waals surface area contributed by atoms with Gasteiger partial charge in [0.1, 0.15) is 6.54 Å². The molecule has 0 aliphatic rings. The summed E-state index contributed by atoms with van der Waals surface area (Å²) in [5, 5.41) is 12.6. The van der Waals surface area contributed by atoms with E-state index in [4.69, 9.17) is 5.11 Å². The second-order valence-electron chi connectivity index (χ2n) is 6.28. The van der Waals surface area contributed by atoms with Crippen LogP contribution in [-0.4, -0.2) is 44.4 Å². The Morgan fingerprint density at radius 1 is 1.14 bits per heavy atom. The smallest absolute Gasteiger partial charge is 0.335 e. The molecule has 0 spiro atoms. The highest BCUT2D eigenvalue weighted by atomic mass is 32.2. The number of sulfonamides is 1. The topological polar surface area (TPSA) is 116 Å². The Balaban J connectivity index is 2.08. The molecule has 0 fully saturated rings. The predicted molar refractivity (Wildman–Crippen MR) is 107 cm³/mol. The number of hydrazone groups is 1. The number of rotatable bonds is 7. The second kappa shape index (κ2) is 8.66. The van der Waals surface area contributed by atoms with Crippen LogP contribution in [0.25, 0.3) is 0 Å². The van der Waals surface area contributed by atoms with E-state index in [0.29, 0.717) is 11.3 Å². The van der Waals surface area contributed by atoms with Crippen molar-refractivity contribution in [2.45, 2.75) is 13.8 Å². The molecule has 2 aromatic rings. The molecule has 2 N–H and O–H groups in total. The van der Waals surface area contributed by atoms with Gasteiger partial charge in [0, 0.05) is 0 Å². The Bertz CT molecular complexity index is 1010. The number of nitrogens with zero attached hydrogens (tertiary/aromatic N) is 2. The quantitative estimate of drug-likeness (QED) is 0.541. The summed E-state index contributed by atoms with van der Waals surface area (Å²) in [6.45, 7) is 3.25. The van der Waals surface area contributed by atoms with Crippen LogP contribution in [0.5, 0.6) is 0 Å². The number of carbonyl (C=O) groups excluding carboxylic acids is 1. The number of hydrogen-bond acceptors (Lipinski definition) is 5. The molecule has 148 valence electrons. The fourth-order valence-corrected chi connectivity index (χ4v) is 3.44. The molecule has 0 bridgehead atoms. The van der Waals surface area contributed by atoms with Crippen molar-refractivity contribution in [2.75, 3.05) is 17.1 Å². The highest BCUT2D eigenvalue weighted by molar-refractivity contribution is 7.92. The van der Waals surface area contributed by atoms with Gasteiger partial charge in [0.2, 0.25) is 10.0 Å². The number of hydrogen-bond donors (Lipinski definition) is 2. The second-order valence-corrected chi connectivity index (χ2v) is 8.19. The summed E-state index contributed by atoms with van der Waals surface area (Å²) in [6, 6.07) is 11.2. The van der Waals surface area contributed by atoms with Crippen LogP contribution >= 0.6 is 0 Å². The van der Waals surface area contributed by atoms with Crippen LogP contribution in [0.3, 0.4) is 0 Å². The number of carboxylic acid groups (broad SMARTS) is 1. The van der Waals surface area contributed by atoms with Crippen LogP contribution in [-0.2, 0) is 14.8 Å². The molecule has 0 aliphatic carbocycles. The van der Waals surface area contributed by atoms with Crippen molar-refractivity contribution in [3.63, 3.8) is 0 Å². The Hall–Kier alpha value is -3.20. The lowest BCUT2D eigenvalue weighted by molar-refractivity contribution is -0.119. The molecule has 0 unspecified atom stereocenters. The number of aromatic carboxylic acids is 1. The molecule has 0 aliphatic heterocycles. The van der Waals surface area contributed by atoms with E-state index >= 15 is 0 Å². The van der Waals surface area contributed by atoms with Crippen LogP contribution in [0, 0.1) is 13.8 Å². The van der Waals surface area contributed by atoms with Crippen molar-refractivity contribution in [3.05, 3.63) is 64.7 Å². The summed E-state index contributed by atoms with van der Waals surface area (Å²) in [5.74, 6) is -1.65. The molecule has 1 amide bonds. The largest absolute Gasteiger partial charge is 0.478 e. The van der Waals surface area contributed by atoms with E-state index in [1.807, 2.05) is 13.0 Å². The molecule has 8 nitrogen and oxygen atoms in total. The predicted octanol–water partition coefficient (Wildman–Crippen LogP) is 1.92. The average molecular weight is 403 g/mol. The van der Waals surface area contributed by atoms with E-state index in [-0.39, 0.29) is 5.56 Å². The minimum absolute atomic E-state index is 0.137. The number of nitrogens with one attached hydrogen (secondary N) is 1. The highest BCUT2D eigenvalue weighted by Gasteiger charge is 2.22. The number of anilines is 1. The molecule has 0 aromatic heterocycles. The van der Waals surface area contributed by atoms with Gasteiger partial charge < -0.3 is 5.11 Å². The van der Waals surface area contributed by atoms with E-state index in [0.717, 1.165) is 21.7 Å². The van der Waals surface area contributed by atoms with Gasteiger partial charge in [0.05, 0.1) is 23.7 Å². The van der Waals surface area contributed by atoms with Crippen LogP contribution in [0.15, 0.2) is 47.6 Å². The molecule has 0 radical (unpaired) electrons. The SMILES string of the molecule is Cc1ccc(N(CC(=O)N/N=C\c2ccc(C(=O)O)cc2)S(C)(=O)=O)c(C)c1. The van der Waals surface area contributed by atoms with Crippen molar-refractivity contribution in [1.82, 2.24) is 5.43 Å². The number of benzene rings is 2. The molecule has 9 heteroatoms. The summed E-state index contributed by atoms with van der Waals surface area (Å²) in [5.41, 5.74) is 5.15. The lowest BCUT2D eigenvalue weighted by atomic mass is 10.1. The monoisotopic (exact) mass is 403 g/mol. The first-order valence-electron chi connectivity index (χ1n) is 8.28. The minimum atomic E-state index is -3.67. The molecule has 0 saturated carbocycles. The highest BCUT2D eigenvalue weighted by Crippen LogP contribution is 2.23. The Morgan fingerprint density at radius 2 is 1.79 bits per heavy atom. The molecule has 2 aromatic carbocycles. The molecule has 28 heavy (non-hydrogen) atoms. The molecule has 0 atom stereocenters. The Labute approximate surface area is 163 Å². The fraction of sp³-hybridized carbons (Fsp3) is 0.211. The van der Waals surface area contributed by atoms with Gasteiger partial charge in [-0.1, -0.05) is 29.8 Å². The fourth-order valence-electron chi connectivity index (χ4n) is 2.52. The standard InChI is InChI=1S/C19H21N3O5S/c1-13-4-9-17(14(2)10-13)22(28(3,26)27)12-18(23)21-20-11-15-5-7-16(8-6-15)19(24)25/h4-11H,12H2,1-3H3,(H,21,23)(H,24,25)/b20-11-. The summed E-state index contributed by atoms with van der Waals surface area (Å²) in [7, 11) is -3.67. The molecule has 0 saturated heterocycles. The van der Waals surface area contributed by atoms with Gasteiger partial charge in [-0.3, -0.25) is 9.10 Å². The molecule has 2 rings (SSSR count). The van der Waals surface area contributed by atoms with Crippen LogP contribution in [0.4, 0.5) is 5.69 Å². The van der Waals surface area contributed by atoms with Crippen LogP contribution in [0.2, 0.25) is 0 Å². The van der Waals surface area contributed by atoms with Gasteiger partial charge in [-0.25, -0.2) is 18.6 Å². The lowest BCUT2D eigenvalue weighted by Crippen LogP contribution is -2.39. The third-order valence-electron chi connectivity index (χ3n) is 3.87. The van der Waals surface area contributed by atoms with Gasteiger partial charge in [-0.05, 0) is 43.2 Å². The Kier molecular flexibility index (Phi) is 6.53. The van der Waals surface area contributed by atoms with Gasteiger partial charge in [-0.15, -0.1) is 0 Å². The first-order valence-corrected chi connectivity index (χ1v) is 10.1. The minimum Gasteiger partial charge on any atom is -0.478 e. The first kappa shape index (κ1) is 21.1. The molecule has 0 heterocycles. The summed E-state index contributed by atoms with van der Waals surface area (Å²) in [6.07, 6.45) is 2.37.